The highest BCUT2D eigenvalue weighted by Gasteiger charge is 2.18. The van der Waals surface area contributed by atoms with Gasteiger partial charge in [-0.1, -0.05) is 12.1 Å². The summed E-state index contributed by atoms with van der Waals surface area (Å²) >= 11 is 0. The number of ether oxygens (including phenoxy) is 2. The van der Waals surface area contributed by atoms with Crippen LogP contribution in [0.15, 0.2) is 42.5 Å². The minimum atomic E-state index is -0.859. The molecule has 1 saturated heterocycles. The summed E-state index contributed by atoms with van der Waals surface area (Å²) in [7, 11) is 2.09. The zero-order chi connectivity index (χ0) is 23.6. The molecule has 33 heavy (non-hydrogen) atoms. The first-order valence-corrected chi connectivity index (χ1v) is 10.9. The summed E-state index contributed by atoms with van der Waals surface area (Å²) in [4.78, 5) is 26.3. The van der Waals surface area contributed by atoms with E-state index in [4.69, 9.17) is 9.47 Å². The van der Waals surface area contributed by atoms with Crippen LogP contribution < -0.4 is 15.4 Å². The molecule has 1 heterocycles. The Morgan fingerprint density at radius 3 is 2.55 bits per heavy atom. The SMILES string of the molecule is CN(CCOc1cccc(CNC(=O)CNC(=O)c2cc(F)cc(F)c2)c1)C1CCOCC1. The lowest BCUT2D eigenvalue weighted by Crippen LogP contribution is -2.38. The Morgan fingerprint density at radius 1 is 1.09 bits per heavy atom. The van der Waals surface area contributed by atoms with Gasteiger partial charge in [0.2, 0.25) is 5.91 Å². The van der Waals surface area contributed by atoms with E-state index in [0.29, 0.717) is 24.5 Å². The van der Waals surface area contributed by atoms with Gasteiger partial charge in [-0.05, 0) is 49.7 Å². The molecule has 2 amide bonds. The molecule has 1 aliphatic heterocycles. The van der Waals surface area contributed by atoms with Crippen LogP contribution in [-0.2, 0) is 16.1 Å². The minimum Gasteiger partial charge on any atom is -0.492 e. The Morgan fingerprint density at radius 2 is 1.82 bits per heavy atom. The Hall–Kier alpha value is -3.04. The van der Waals surface area contributed by atoms with Crippen LogP contribution in [0.3, 0.4) is 0 Å². The number of hydrogen-bond acceptors (Lipinski definition) is 5. The van der Waals surface area contributed by atoms with Crippen molar-refractivity contribution in [3.05, 3.63) is 65.2 Å². The lowest BCUT2D eigenvalue weighted by molar-refractivity contribution is -0.120. The maximum Gasteiger partial charge on any atom is 0.251 e. The van der Waals surface area contributed by atoms with Crippen LogP contribution in [0.1, 0.15) is 28.8 Å². The van der Waals surface area contributed by atoms with Gasteiger partial charge in [0.05, 0.1) is 6.54 Å². The summed E-state index contributed by atoms with van der Waals surface area (Å²) < 4.78 is 37.7. The number of benzene rings is 2. The van der Waals surface area contributed by atoms with Gasteiger partial charge in [0.25, 0.3) is 5.91 Å². The van der Waals surface area contributed by atoms with Gasteiger partial charge in [0, 0.05) is 44.0 Å². The van der Waals surface area contributed by atoms with Crippen molar-refractivity contribution >= 4 is 11.8 Å². The number of nitrogens with one attached hydrogen (secondary N) is 2. The van der Waals surface area contributed by atoms with Crippen molar-refractivity contribution in [3.8, 4) is 5.75 Å². The molecule has 2 aromatic rings. The molecule has 0 aromatic heterocycles. The van der Waals surface area contributed by atoms with Gasteiger partial charge < -0.3 is 20.1 Å². The standard InChI is InChI=1S/C24H29F2N3O4/c1-29(21-5-8-32-9-6-21)7-10-33-22-4-2-3-17(11-22)15-27-23(30)16-28-24(31)18-12-19(25)14-20(26)13-18/h2-4,11-14,21H,5-10,15-16H2,1H3,(H,27,30)(H,28,31). The summed E-state index contributed by atoms with van der Waals surface area (Å²) in [5, 5.41) is 5.04. The fourth-order valence-electron chi connectivity index (χ4n) is 3.57. The number of hydrogen-bond donors (Lipinski definition) is 2. The second-order valence-corrected chi connectivity index (χ2v) is 7.94. The Labute approximate surface area is 192 Å². The molecule has 0 spiro atoms. The van der Waals surface area contributed by atoms with E-state index < -0.39 is 23.4 Å². The second kappa shape index (κ2) is 12.3. The third-order valence-electron chi connectivity index (χ3n) is 5.45. The van der Waals surface area contributed by atoms with E-state index in [2.05, 4.69) is 22.6 Å². The van der Waals surface area contributed by atoms with Crippen LogP contribution >= 0.6 is 0 Å². The van der Waals surface area contributed by atoms with E-state index in [1.165, 1.54) is 0 Å². The molecule has 3 rings (SSSR count). The van der Waals surface area contributed by atoms with Crippen LogP contribution in [0, 0.1) is 11.6 Å². The van der Waals surface area contributed by atoms with Crippen molar-refractivity contribution < 1.29 is 27.8 Å². The van der Waals surface area contributed by atoms with Crippen molar-refractivity contribution in [2.45, 2.75) is 25.4 Å². The van der Waals surface area contributed by atoms with Crippen LogP contribution in [0.25, 0.3) is 0 Å². The smallest absolute Gasteiger partial charge is 0.251 e. The number of carbonyl (C=O) groups is 2. The molecule has 0 bridgehead atoms. The molecule has 1 aliphatic rings. The Bertz CT molecular complexity index is 931. The lowest BCUT2D eigenvalue weighted by atomic mass is 10.1. The maximum atomic E-state index is 13.2. The van der Waals surface area contributed by atoms with E-state index in [0.717, 1.165) is 50.3 Å². The molecule has 2 N–H and O–H groups in total. The van der Waals surface area contributed by atoms with Crippen LogP contribution in [0.2, 0.25) is 0 Å². The third-order valence-corrected chi connectivity index (χ3v) is 5.45. The van der Waals surface area contributed by atoms with E-state index in [1.807, 2.05) is 24.3 Å². The van der Waals surface area contributed by atoms with Gasteiger partial charge in [-0.25, -0.2) is 8.78 Å². The molecule has 0 unspecified atom stereocenters. The summed E-state index contributed by atoms with van der Waals surface area (Å²) in [5.41, 5.74) is 0.657. The summed E-state index contributed by atoms with van der Waals surface area (Å²) in [6, 6.07) is 10.4. The zero-order valence-electron chi connectivity index (χ0n) is 18.6. The first kappa shape index (κ1) is 24.6. The summed E-state index contributed by atoms with van der Waals surface area (Å²) in [5.74, 6) is -2.17. The van der Waals surface area contributed by atoms with Crippen LogP contribution in [0.5, 0.6) is 5.75 Å². The van der Waals surface area contributed by atoms with Gasteiger partial charge in [-0.2, -0.15) is 0 Å². The molecule has 178 valence electrons. The zero-order valence-corrected chi connectivity index (χ0v) is 18.6. The van der Waals surface area contributed by atoms with Crippen molar-refractivity contribution in [3.63, 3.8) is 0 Å². The predicted molar refractivity (Wildman–Crippen MR) is 119 cm³/mol. The predicted octanol–water partition coefficient (Wildman–Crippen LogP) is 2.50. The molecule has 2 aromatic carbocycles. The average Bonchev–Trinajstić information content (AvgIpc) is 2.81. The number of carbonyl (C=O) groups excluding carboxylic acids is 2. The fourth-order valence-corrected chi connectivity index (χ4v) is 3.57. The van der Waals surface area contributed by atoms with Crippen molar-refractivity contribution in [2.75, 3.05) is 40.0 Å². The molecule has 0 radical (unpaired) electrons. The van der Waals surface area contributed by atoms with Crippen molar-refractivity contribution in [1.82, 2.24) is 15.5 Å². The molecule has 0 saturated carbocycles. The molecular formula is C24H29F2N3O4. The largest absolute Gasteiger partial charge is 0.492 e. The maximum absolute atomic E-state index is 13.2. The van der Waals surface area contributed by atoms with Crippen LogP contribution in [-0.4, -0.2) is 62.7 Å². The first-order chi connectivity index (χ1) is 15.9. The lowest BCUT2D eigenvalue weighted by Gasteiger charge is -2.31. The monoisotopic (exact) mass is 461 g/mol. The number of halogens is 2. The number of likely N-dealkylation sites (N-methyl/N-ethyl adjacent to an activating group) is 1. The molecular weight excluding hydrogens is 432 g/mol. The van der Waals surface area contributed by atoms with Gasteiger partial charge in [0.1, 0.15) is 24.0 Å². The molecule has 7 nitrogen and oxygen atoms in total. The summed E-state index contributed by atoms with van der Waals surface area (Å²) in [6.07, 6.45) is 2.07. The summed E-state index contributed by atoms with van der Waals surface area (Å²) in [6.45, 7) is 2.90. The second-order valence-electron chi connectivity index (χ2n) is 7.94. The number of amides is 2. The highest BCUT2D eigenvalue weighted by molar-refractivity contribution is 5.96. The van der Waals surface area contributed by atoms with E-state index in [9.17, 15) is 18.4 Å². The fraction of sp³-hybridized carbons (Fsp3) is 0.417. The molecule has 9 heteroatoms. The topological polar surface area (TPSA) is 79.9 Å². The van der Waals surface area contributed by atoms with Crippen molar-refractivity contribution in [1.29, 1.82) is 0 Å². The third kappa shape index (κ3) is 8.11. The average molecular weight is 462 g/mol. The molecule has 1 fully saturated rings. The van der Waals surface area contributed by atoms with Gasteiger partial charge in [0.15, 0.2) is 0 Å². The van der Waals surface area contributed by atoms with E-state index in [1.54, 1.807) is 0 Å². The van der Waals surface area contributed by atoms with E-state index >= 15 is 0 Å². The van der Waals surface area contributed by atoms with Crippen molar-refractivity contribution in [2.24, 2.45) is 0 Å². The van der Waals surface area contributed by atoms with Gasteiger partial charge in [-0.15, -0.1) is 0 Å². The number of nitrogens with zero attached hydrogens (tertiary/aromatic N) is 1. The number of rotatable bonds is 10. The van der Waals surface area contributed by atoms with Crippen LogP contribution in [0.4, 0.5) is 8.78 Å². The molecule has 0 atom stereocenters. The Balaban J connectivity index is 1.38. The highest BCUT2D eigenvalue weighted by Crippen LogP contribution is 2.15. The Kier molecular flexibility index (Phi) is 9.14. The van der Waals surface area contributed by atoms with E-state index in [-0.39, 0.29) is 18.7 Å². The van der Waals surface area contributed by atoms with Gasteiger partial charge >= 0.3 is 0 Å². The molecule has 0 aliphatic carbocycles. The first-order valence-electron chi connectivity index (χ1n) is 10.9. The quantitative estimate of drug-likeness (QED) is 0.569. The van der Waals surface area contributed by atoms with Gasteiger partial charge in [-0.3, -0.25) is 14.5 Å². The minimum absolute atomic E-state index is 0.187. The highest BCUT2D eigenvalue weighted by atomic mass is 19.1. The normalized spacial score (nSPS) is 14.2.